The van der Waals surface area contributed by atoms with Gasteiger partial charge in [-0.2, -0.15) is 0 Å². The van der Waals surface area contributed by atoms with E-state index in [1.54, 1.807) is 11.3 Å². The van der Waals surface area contributed by atoms with Crippen molar-refractivity contribution in [2.24, 2.45) is 0 Å². The Labute approximate surface area is 175 Å². The molecule has 2 fully saturated rings. The van der Waals surface area contributed by atoms with Crippen LogP contribution in [0.5, 0.6) is 0 Å². The van der Waals surface area contributed by atoms with Crippen LogP contribution in [0.25, 0.3) is 10.2 Å². The van der Waals surface area contributed by atoms with E-state index in [1.807, 2.05) is 18.2 Å². The molecule has 0 spiro atoms. The van der Waals surface area contributed by atoms with Crippen molar-refractivity contribution in [2.45, 2.75) is 31.7 Å². The van der Waals surface area contributed by atoms with E-state index in [-0.39, 0.29) is 11.9 Å². The topological polar surface area (TPSA) is 48.5 Å². The summed E-state index contributed by atoms with van der Waals surface area (Å²) in [5, 5.41) is 4.20. The van der Waals surface area contributed by atoms with Crippen LogP contribution in [-0.4, -0.2) is 42.0 Å². The van der Waals surface area contributed by atoms with Gasteiger partial charge in [-0.3, -0.25) is 9.69 Å². The van der Waals surface area contributed by atoms with Crippen LogP contribution in [0.2, 0.25) is 0 Å². The third kappa shape index (κ3) is 4.00. The van der Waals surface area contributed by atoms with Gasteiger partial charge in [0.25, 0.3) is 0 Å². The van der Waals surface area contributed by atoms with Crippen molar-refractivity contribution in [1.29, 1.82) is 0 Å². The SMILES string of the molecule is O=C(CN1CCCC1c1nc2ccccc2s1)Nc1ccc(N2CCCC2)cc1. The first-order valence-electron chi connectivity index (χ1n) is 10.5. The van der Waals surface area contributed by atoms with Crippen LogP contribution in [0.3, 0.4) is 0 Å². The Balaban J connectivity index is 1.22. The van der Waals surface area contributed by atoms with E-state index >= 15 is 0 Å². The molecule has 6 heteroatoms. The number of fused-ring (bicyclic) bond motifs is 1. The second kappa shape index (κ2) is 8.13. The van der Waals surface area contributed by atoms with E-state index in [4.69, 9.17) is 4.98 Å². The molecule has 1 amide bonds. The first-order chi connectivity index (χ1) is 14.3. The number of carbonyl (C=O) groups is 1. The molecular weight excluding hydrogens is 380 g/mol. The van der Waals surface area contributed by atoms with Gasteiger partial charge in [-0.15, -0.1) is 11.3 Å². The molecule has 2 aliphatic heterocycles. The fourth-order valence-electron chi connectivity index (χ4n) is 4.44. The maximum atomic E-state index is 12.7. The Morgan fingerprint density at radius 2 is 1.83 bits per heavy atom. The average Bonchev–Trinajstić information content (AvgIpc) is 3.48. The van der Waals surface area contributed by atoms with Gasteiger partial charge in [0, 0.05) is 24.5 Å². The summed E-state index contributed by atoms with van der Waals surface area (Å²) in [4.78, 5) is 22.2. The van der Waals surface area contributed by atoms with Crippen molar-refractivity contribution in [2.75, 3.05) is 36.4 Å². The Morgan fingerprint density at radius 3 is 2.62 bits per heavy atom. The van der Waals surface area contributed by atoms with Crippen molar-refractivity contribution in [3.63, 3.8) is 0 Å². The molecule has 2 aliphatic rings. The number of rotatable bonds is 5. The molecule has 3 aromatic rings. The number of likely N-dealkylation sites (tertiary alicyclic amines) is 1. The zero-order valence-electron chi connectivity index (χ0n) is 16.5. The minimum atomic E-state index is 0.0481. The Hall–Kier alpha value is -2.44. The molecule has 1 aromatic heterocycles. The van der Waals surface area contributed by atoms with Crippen LogP contribution in [0.15, 0.2) is 48.5 Å². The number of aromatic nitrogens is 1. The van der Waals surface area contributed by atoms with Crippen LogP contribution in [0.4, 0.5) is 11.4 Å². The number of thiazole rings is 1. The minimum Gasteiger partial charge on any atom is -0.372 e. The lowest BCUT2D eigenvalue weighted by Gasteiger charge is -2.22. The predicted molar refractivity (Wildman–Crippen MR) is 120 cm³/mol. The smallest absolute Gasteiger partial charge is 0.238 e. The van der Waals surface area contributed by atoms with E-state index < -0.39 is 0 Å². The van der Waals surface area contributed by atoms with E-state index in [9.17, 15) is 4.79 Å². The molecule has 0 radical (unpaired) electrons. The highest BCUT2D eigenvalue weighted by Crippen LogP contribution is 2.36. The molecule has 5 nitrogen and oxygen atoms in total. The Morgan fingerprint density at radius 1 is 1.03 bits per heavy atom. The van der Waals surface area contributed by atoms with Crippen LogP contribution < -0.4 is 10.2 Å². The summed E-state index contributed by atoms with van der Waals surface area (Å²) >= 11 is 1.75. The second-order valence-electron chi connectivity index (χ2n) is 7.94. The summed E-state index contributed by atoms with van der Waals surface area (Å²) in [5.41, 5.74) is 3.17. The van der Waals surface area contributed by atoms with Gasteiger partial charge in [0.05, 0.1) is 22.8 Å². The first-order valence-corrected chi connectivity index (χ1v) is 11.3. The van der Waals surface area contributed by atoms with Gasteiger partial charge in [0.2, 0.25) is 5.91 Å². The minimum absolute atomic E-state index is 0.0481. The van der Waals surface area contributed by atoms with E-state index in [1.165, 1.54) is 23.2 Å². The maximum Gasteiger partial charge on any atom is 0.238 e. The lowest BCUT2D eigenvalue weighted by atomic mass is 10.2. The molecule has 150 valence electrons. The number of carbonyl (C=O) groups excluding carboxylic acids is 1. The van der Waals surface area contributed by atoms with E-state index in [0.29, 0.717) is 6.54 Å². The highest BCUT2D eigenvalue weighted by atomic mass is 32.1. The Kier molecular flexibility index (Phi) is 5.21. The summed E-state index contributed by atoms with van der Waals surface area (Å²) in [5.74, 6) is 0.0481. The highest BCUT2D eigenvalue weighted by molar-refractivity contribution is 7.18. The number of nitrogens with one attached hydrogen (secondary N) is 1. The number of hydrogen-bond acceptors (Lipinski definition) is 5. The number of benzene rings is 2. The van der Waals surface area contributed by atoms with Crippen LogP contribution in [-0.2, 0) is 4.79 Å². The number of nitrogens with zero attached hydrogens (tertiary/aromatic N) is 3. The quantitative estimate of drug-likeness (QED) is 0.669. The molecule has 0 aliphatic carbocycles. The third-order valence-electron chi connectivity index (χ3n) is 5.93. The van der Waals surface area contributed by atoms with E-state index in [2.05, 4.69) is 45.4 Å². The summed E-state index contributed by atoms with van der Waals surface area (Å²) in [6.07, 6.45) is 4.71. The zero-order chi connectivity index (χ0) is 19.6. The number of para-hydroxylation sites is 1. The highest BCUT2D eigenvalue weighted by Gasteiger charge is 2.30. The van der Waals surface area contributed by atoms with Gasteiger partial charge in [-0.05, 0) is 68.6 Å². The van der Waals surface area contributed by atoms with Gasteiger partial charge >= 0.3 is 0 Å². The summed E-state index contributed by atoms with van der Waals surface area (Å²) < 4.78 is 1.22. The molecule has 1 atom stereocenters. The number of amides is 1. The van der Waals surface area contributed by atoms with E-state index in [0.717, 1.165) is 48.7 Å². The molecular formula is C23H26N4OS. The molecule has 2 saturated heterocycles. The summed E-state index contributed by atoms with van der Waals surface area (Å²) in [6.45, 7) is 3.62. The van der Waals surface area contributed by atoms with Crippen LogP contribution in [0.1, 0.15) is 36.7 Å². The van der Waals surface area contributed by atoms with Crippen LogP contribution in [0, 0.1) is 0 Å². The molecule has 0 saturated carbocycles. The first kappa shape index (κ1) is 18.6. The predicted octanol–water partition coefficient (Wildman–Crippen LogP) is 4.67. The zero-order valence-corrected chi connectivity index (χ0v) is 17.3. The maximum absolute atomic E-state index is 12.7. The molecule has 29 heavy (non-hydrogen) atoms. The fourth-order valence-corrected chi connectivity index (χ4v) is 5.58. The van der Waals surface area contributed by atoms with Crippen molar-refractivity contribution in [3.05, 3.63) is 53.5 Å². The van der Waals surface area contributed by atoms with Crippen molar-refractivity contribution >= 4 is 38.8 Å². The lowest BCUT2D eigenvalue weighted by molar-refractivity contribution is -0.117. The van der Waals surface area contributed by atoms with Gasteiger partial charge < -0.3 is 10.2 Å². The molecule has 3 heterocycles. The molecule has 1 N–H and O–H groups in total. The standard InChI is InChI=1S/C23H26N4OS/c28-22(24-17-9-11-18(12-10-17)26-13-3-4-14-26)16-27-15-5-7-20(27)23-25-19-6-1-2-8-21(19)29-23/h1-2,6,8-12,20H,3-5,7,13-16H2,(H,24,28). The average molecular weight is 407 g/mol. The number of hydrogen-bond donors (Lipinski definition) is 1. The summed E-state index contributed by atoms with van der Waals surface area (Å²) in [6, 6.07) is 16.8. The molecule has 5 rings (SSSR count). The van der Waals surface area contributed by atoms with Gasteiger partial charge in [0.15, 0.2) is 0 Å². The van der Waals surface area contributed by atoms with Gasteiger partial charge in [0.1, 0.15) is 5.01 Å². The Bertz CT molecular complexity index is 961. The van der Waals surface area contributed by atoms with Crippen molar-refractivity contribution < 1.29 is 4.79 Å². The van der Waals surface area contributed by atoms with Crippen LogP contribution >= 0.6 is 11.3 Å². The van der Waals surface area contributed by atoms with Crippen molar-refractivity contribution in [3.8, 4) is 0 Å². The monoisotopic (exact) mass is 406 g/mol. The molecule has 0 bridgehead atoms. The molecule has 1 unspecified atom stereocenters. The molecule has 2 aromatic carbocycles. The van der Waals surface area contributed by atoms with Crippen molar-refractivity contribution in [1.82, 2.24) is 9.88 Å². The lowest BCUT2D eigenvalue weighted by Crippen LogP contribution is -2.32. The van der Waals surface area contributed by atoms with Gasteiger partial charge in [-0.1, -0.05) is 12.1 Å². The second-order valence-corrected chi connectivity index (χ2v) is 9.00. The third-order valence-corrected chi connectivity index (χ3v) is 7.07. The largest absolute Gasteiger partial charge is 0.372 e. The summed E-state index contributed by atoms with van der Waals surface area (Å²) in [7, 11) is 0. The number of anilines is 2. The van der Waals surface area contributed by atoms with Gasteiger partial charge in [-0.25, -0.2) is 4.98 Å². The normalized spacial score (nSPS) is 19.9. The fraction of sp³-hybridized carbons (Fsp3) is 0.391.